The summed E-state index contributed by atoms with van der Waals surface area (Å²) >= 11 is 7.33. The van der Waals surface area contributed by atoms with Crippen molar-refractivity contribution in [2.75, 3.05) is 26.1 Å². The van der Waals surface area contributed by atoms with Crippen molar-refractivity contribution in [1.82, 2.24) is 20.2 Å². The Bertz CT molecular complexity index is 1430. The van der Waals surface area contributed by atoms with Gasteiger partial charge in [0.25, 0.3) is 5.91 Å². The lowest BCUT2D eigenvalue weighted by molar-refractivity contribution is -0.118. The Morgan fingerprint density at radius 1 is 1.00 bits per heavy atom. The number of halogens is 1. The Hall–Kier alpha value is -4.02. The maximum atomic E-state index is 12.6. The van der Waals surface area contributed by atoms with E-state index in [1.54, 1.807) is 37.6 Å². The van der Waals surface area contributed by atoms with Crippen LogP contribution in [-0.4, -0.2) is 53.0 Å². The van der Waals surface area contributed by atoms with Crippen LogP contribution in [0.25, 0.3) is 17.1 Å². The van der Waals surface area contributed by atoms with Gasteiger partial charge in [-0.1, -0.05) is 23.4 Å². The fourth-order valence-corrected chi connectivity index (χ4v) is 4.49. The molecule has 9 nitrogen and oxygen atoms in total. The molecule has 4 rings (SSSR count). The van der Waals surface area contributed by atoms with Crippen LogP contribution in [0.3, 0.4) is 0 Å². The van der Waals surface area contributed by atoms with Gasteiger partial charge in [0.15, 0.2) is 22.5 Å². The van der Waals surface area contributed by atoms with Crippen LogP contribution in [0.1, 0.15) is 19.4 Å². The Balaban J connectivity index is 1.48. The van der Waals surface area contributed by atoms with Crippen molar-refractivity contribution in [3.05, 3.63) is 77.3 Å². The highest BCUT2D eigenvalue weighted by Gasteiger charge is 2.17. The van der Waals surface area contributed by atoms with E-state index in [0.29, 0.717) is 40.7 Å². The van der Waals surface area contributed by atoms with Crippen LogP contribution < -0.4 is 19.6 Å². The first-order chi connectivity index (χ1) is 19.0. The number of hydrogen-bond acceptors (Lipinski definition) is 8. The second-order valence-electron chi connectivity index (χ2n) is 8.00. The van der Waals surface area contributed by atoms with Gasteiger partial charge in [-0.15, -0.1) is 10.2 Å². The molecule has 0 saturated carbocycles. The second-order valence-corrected chi connectivity index (χ2v) is 9.38. The molecule has 4 aromatic rings. The van der Waals surface area contributed by atoms with E-state index in [9.17, 15) is 4.79 Å². The predicted molar refractivity (Wildman–Crippen MR) is 154 cm³/mol. The van der Waals surface area contributed by atoms with Gasteiger partial charge in [-0.25, -0.2) is 5.43 Å². The van der Waals surface area contributed by atoms with Gasteiger partial charge in [0.05, 0.1) is 32.3 Å². The highest BCUT2D eigenvalue weighted by atomic mass is 35.5. The third-order valence-corrected chi connectivity index (χ3v) is 6.55. The van der Waals surface area contributed by atoms with Crippen molar-refractivity contribution in [2.24, 2.45) is 5.10 Å². The van der Waals surface area contributed by atoms with Gasteiger partial charge in [0, 0.05) is 16.3 Å². The van der Waals surface area contributed by atoms with Crippen molar-refractivity contribution >= 4 is 35.5 Å². The summed E-state index contributed by atoms with van der Waals surface area (Å²) < 4.78 is 18.3. The van der Waals surface area contributed by atoms with E-state index in [-0.39, 0.29) is 11.7 Å². The maximum Gasteiger partial charge on any atom is 0.250 e. The lowest BCUT2D eigenvalue weighted by Crippen LogP contribution is -2.20. The SMILES string of the molecule is CCOc1ccc(-n2c(SCC(=O)NN=Cc3ccc(OCC)c(OC)c3)nnc2-c2ccc(Cl)cc2)cc1. The number of hydrazone groups is 1. The number of benzene rings is 3. The minimum atomic E-state index is -0.288. The molecule has 0 unspecified atom stereocenters. The van der Waals surface area contributed by atoms with Gasteiger partial charge in [0.2, 0.25) is 0 Å². The molecule has 1 N–H and O–H groups in total. The molecule has 0 bridgehead atoms. The number of nitrogens with one attached hydrogen (secondary N) is 1. The Kier molecular flexibility index (Phi) is 9.82. The Labute approximate surface area is 236 Å². The predicted octanol–water partition coefficient (Wildman–Crippen LogP) is 5.64. The molecule has 0 aliphatic carbocycles. The van der Waals surface area contributed by atoms with Crippen molar-refractivity contribution < 1.29 is 19.0 Å². The highest BCUT2D eigenvalue weighted by molar-refractivity contribution is 7.99. The average Bonchev–Trinajstić information content (AvgIpc) is 3.37. The van der Waals surface area contributed by atoms with Crippen LogP contribution in [0, 0.1) is 0 Å². The van der Waals surface area contributed by atoms with Crippen molar-refractivity contribution in [1.29, 1.82) is 0 Å². The van der Waals surface area contributed by atoms with Crippen molar-refractivity contribution in [3.8, 4) is 34.3 Å². The van der Waals surface area contributed by atoms with Crippen molar-refractivity contribution in [2.45, 2.75) is 19.0 Å². The molecule has 3 aromatic carbocycles. The van der Waals surface area contributed by atoms with Crippen LogP contribution in [0.5, 0.6) is 17.2 Å². The number of nitrogens with zero attached hydrogens (tertiary/aromatic N) is 4. The molecule has 1 heterocycles. The van der Waals surface area contributed by atoms with E-state index in [1.165, 1.54) is 11.8 Å². The average molecular weight is 566 g/mol. The zero-order valence-electron chi connectivity index (χ0n) is 21.8. The highest BCUT2D eigenvalue weighted by Crippen LogP contribution is 2.30. The zero-order chi connectivity index (χ0) is 27.6. The number of amides is 1. The minimum Gasteiger partial charge on any atom is -0.494 e. The van der Waals surface area contributed by atoms with Crippen LogP contribution in [0.2, 0.25) is 5.02 Å². The van der Waals surface area contributed by atoms with E-state index in [1.807, 2.05) is 60.9 Å². The molecule has 11 heteroatoms. The summed E-state index contributed by atoms with van der Waals surface area (Å²) in [4.78, 5) is 12.6. The molecule has 0 spiro atoms. The molecule has 202 valence electrons. The molecular weight excluding hydrogens is 538 g/mol. The van der Waals surface area contributed by atoms with Gasteiger partial charge in [-0.3, -0.25) is 9.36 Å². The number of rotatable bonds is 12. The summed E-state index contributed by atoms with van der Waals surface area (Å²) in [5.74, 6) is 2.42. The smallest absolute Gasteiger partial charge is 0.250 e. The van der Waals surface area contributed by atoms with Crippen molar-refractivity contribution in [3.63, 3.8) is 0 Å². The number of methoxy groups -OCH3 is 1. The van der Waals surface area contributed by atoms with E-state index in [0.717, 1.165) is 22.6 Å². The fourth-order valence-electron chi connectivity index (χ4n) is 3.62. The van der Waals surface area contributed by atoms with Gasteiger partial charge in [-0.05, 0) is 86.1 Å². The molecule has 39 heavy (non-hydrogen) atoms. The summed E-state index contributed by atoms with van der Waals surface area (Å²) in [5.41, 5.74) is 4.98. The standard InChI is InChI=1S/C28H28ClN5O4S/c1-4-37-23-13-11-22(12-14-23)34-27(20-7-9-21(29)10-8-20)32-33-28(34)39-18-26(35)31-30-17-19-6-15-24(38-5-2)25(16-19)36-3/h6-17H,4-5,18H2,1-3H3,(H,31,35). The van der Waals surface area contributed by atoms with Crippen LogP contribution in [-0.2, 0) is 4.79 Å². The minimum absolute atomic E-state index is 0.0831. The number of thioether (sulfide) groups is 1. The van der Waals surface area contributed by atoms with Gasteiger partial charge in [0.1, 0.15) is 5.75 Å². The quantitative estimate of drug-likeness (QED) is 0.135. The monoisotopic (exact) mass is 565 g/mol. The molecule has 0 aliphatic heterocycles. The van der Waals surface area contributed by atoms with Gasteiger partial charge in [-0.2, -0.15) is 5.10 Å². The topological polar surface area (TPSA) is 99.9 Å². The lowest BCUT2D eigenvalue weighted by Gasteiger charge is -2.11. The third-order valence-electron chi connectivity index (χ3n) is 5.36. The molecule has 0 saturated heterocycles. The normalized spacial score (nSPS) is 11.0. The van der Waals surface area contributed by atoms with Crippen LogP contribution in [0.15, 0.2) is 77.0 Å². The molecule has 0 aliphatic rings. The largest absolute Gasteiger partial charge is 0.494 e. The third kappa shape index (κ3) is 7.30. The van der Waals surface area contributed by atoms with Gasteiger partial charge < -0.3 is 14.2 Å². The Morgan fingerprint density at radius 2 is 1.74 bits per heavy atom. The van der Waals surface area contributed by atoms with E-state index in [2.05, 4.69) is 20.7 Å². The number of carbonyl (C=O) groups is 1. The van der Waals surface area contributed by atoms with E-state index >= 15 is 0 Å². The Morgan fingerprint density at radius 3 is 2.44 bits per heavy atom. The molecule has 0 fully saturated rings. The summed E-state index contributed by atoms with van der Waals surface area (Å²) in [6.45, 7) is 4.95. The lowest BCUT2D eigenvalue weighted by atomic mass is 10.2. The van der Waals surface area contributed by atoms with Crippen LogP contribution in [0.4, 0.5) is 0 Å². The summed E-state index contributed by atoms with van der Waals surface area (Å²) in [6, 6.07) is 20.4. The molecule has 0 radical (unpaired) electrons. The summed E-state index contributed by atoms with van der Waals surface area (Å²) in [6.07, 6.45) is 1.54. The second kappa shape index (κ2) is 13.7. The van der Waals surface area contributed by atoms with E-state index < -0.39 is 0 Å². The number of aromatic nitrogens is 3. The molecule has 1 amide bonds. The first-order valence-electron chi connectivity index (χ1n) is 12.2. The zero-order valence-corrected chi connectivity index (χ0v) is 23.3. The first-order valence-corrected chi connectivity index (χ1v) is 13.6. The van der Waals surface area contributed by atoms with Crippen LogP contribution >= 0.6 is 23.4 Å². The first kappa shape index (κ1) is 28.0. The number of carbonyl (C=O) groups excluding carboxylic acids is 1. The summed E-state index contributed by atoms with van der Waals surface area (Å²) in [5, 5.41) is 14.0. The molecule has 1 aromatic heterocycles. The van der Waals surface area contributed by atoms with Gasteiger partial charge >= 0.3 is 0 Å². The molecular formula is C28H28ClN5O4S. The maximum absolute atomic E-state index is 12.6. The molecule has 0 atom stereocenters. The summed E-state index contributed by atoms with van der Waals surface area (Å²) in [7, 11) is 1.57. The number of hydrogen-bond donors (Lipinski definition) is 1. The van der Waals surface area contributed by atoms with E-state index in [4.69, 9.17) is 25.8 Å². The fraction of sp³-hybridized carbons (Fsp3) is 0.214. The number of ether oxygens (including phenoxy) is 3.